The number of nitrogens with two attached hydrogens (primary N) is 1. The summed E-state index contributed by atoms with van der Waals surface area (Å²) < 4.78 is 11.2. The monoisotopic (exact) mass is 375 g/mol. The highest BCUT2D eigenvalue weighted by Gasteiger charge is 2.17. The van der Waals surface area contributed by atoms with Crippen LogP contribution in [0.3, 0.4) is 0 Å². The van der Waals surface area contributed by atoms with Gasteiger partial charge in [0.25, 0.3) is 0 Å². The lowest BCUT2D eigenvalue weighted by atomic mass is 9.99. The second-order valence-corrected chi connectivity index (χ2v) is 5.60. The fourth-order valence-electron chi connectivity index (χ4n) is 2.29. The van der Waals surface area contributed by atoms with E-state index in [1.165, 1.54) is 0 Å². The Labute approximate surface area is 144 Å². The van der Waals surface area contributed by atoms with Crippen molar-refractivity contribution in [3.05, 3.63) is 40.4 Å². The molecule has 6 heteroatoms. The molecule has 0 fully saturated rings. The largest absolute Gasteiger partial charge is 0.494 e. The Balaban J connectivity index is 2.55. The van der Waals surface area contributed by atoms with Crippen molar-refractivity contribution >= 4 is 27.3 Å². The summed E-state index contributed by atoms with van der Waals surface area (Å²) >= 11 is 3.54. The first-order valence-electron chi connectivity index (χ1n) is 7.02. The molecule has 0 spiro atoms. The minimum Gasteiger partial charge on any atom is -0.494 e. The van der Waals surface area contributed by atoms with E-state index in [1.54, 1.807) is 20.3 Å². The molecule has 2 aromatic carbocycles. The number of benzene rings is 2. The summed E-state index contributed by atoms with van der Waals surface area (Å²) in [5.41, 5.74) is 9.69. The van der Waals surface area contributed by atoms with E-state index < -0.39 is 0 Å². The van der Waals surface area contributed by atoms with Gasteiger partial charge in [0.15, 0.2) is 0 Å². The van der Waals surface area contributed by atoms with Crippen molar-refractivity contribution in [1.29, 1.82) is 5.26 Å². The maximum absolute atomic E-state index is 9.31. The zero-order chi connectivity index (χ0) is 16.8. The molecule has 0 aromatic heterocycles. The van der Waals surface area contributed by atoms with Crippen LogP contribution in [-0.4, -0.2) is 27.4 Å². The number of nitrogen functional groups attached to an aromatic ring is 1. The van der Waals surface area contributed by atoms with E-state index in [-0.39, 0.29) is 0 Å². The molecule has 0 unspecified atom stereocenters. The van der Waals surface area contributed by atoms with Gasteiger partial charge in [0.1, 0.15) is 11.4 Å². The van der Waals surface area contributed by atoms with Gasteiger partial charge in [-0.3, -0.25) is 0 Å². The molecule has 3 N–H and O–H groups in total. The van der Waals surface area contributed by atoms with Crippen molar-refractivity contribution in [3.8, 4) is 22.9 Å². The number of rotatable bonds is 6. The van der Waals surface area contributed by atoms with Gasteiger partial charge in [-0.05, 0) is 28.1 Å². The summed E-state index contributed by atoms with van der Waals surface area (Å²) in [5, 5.41) is 12.5. The van der Waals surface area contributed by atoms with Crippen LogP contribution < -0.4 is 15.8 Å². The summed E-state index contributed by atoms with van der Waals surface area (Å²) in [6, 6.07) is 11.4. The lowest BCUT2D eigenvalue weighted by Gasteiger charge is -2.18. The van der Waals surface area contributed by atoms with Crippen molar-refractivity contribution < 1.29 is 9.47 Å². The highest BCUT2D eigenvalue weighted by atomic mass is 79.9. The van der Waals surface area contributed by atoms with Gasteiger partial charge in [-0.15, -0.1) is 0 Å². The fourth-order valence-corrected chi connectivity index (χ4v) is 2.81. The average Bonchev–Trinajstić information content (AvgIpc) is 2.59. The van der Waals surface area contributed by atoms with Gasteiger partial charge in [-0.2, -0.15) is 5.26 Å². The summed E-state index contributed by atoms with van der Waals surface area (Å²) in [5.74, 6) is 0.615. The number of methoxy groups -OCH3 is 2. The predicted molar refractivity (Wildman–Crippen MR) is 95.6 cm³/mol. The third-order valence-corrected chi connectivity index (χ3v) is 4.28. The van der Waals surface area contributed by atoms with Crippen molar-refractivity contribution in [2.45, 2.75) is 0 Å². The number of halogens is 1. The van der Waals surface area contributed by atoms with Crippen LogP contribution in [0.2, 0.25) is 0 Å². The van der Waals surface area contributed by atoms with Crippen LogP contribution in [0.25, 0.3) is 11.1 Å². The van der Waals surface area contributed by atoms with E-state index in [4.69, 9.17) is 15.2 Å². The molecular formula is C17H18BrN3O2. The zero-order valence-corrected chi connectivity index (χ0v) is 14.6. The quantitative estimate of drug-likeness (QED) is 0.594. The van der Waals surface area contributed by atoms with Crippen molar-refractivity contribution in [2.24, 2.45) is 0 Å². The number of hydrogen-bond acceptors (Lipinski definition) is 5. The minimum absolute atomic E-state index is 0.531. The van der Waals surface area contributed by atoms with Crippen molar-refractivity contribution in [2.75, 3.05) is 38.4 Å². The molecule has 2 aromatic rings. The smallest absolute Gasteiger partial charge is 0.144 e. The molecule has 23 heavy (non-hydrogen) atoms. The molecule has 120 valence electrons. The maximum Gasteiger partial charge on any atom is 0.144 e. The van der Waals surface area contributed by atoms with Gasteiger partial charge in [-0.1, -0.05) is 18.2 Å². The van der Waals surface area contributed by atoms with Crippen LogP contribution >= 0.6 is 15.9 Å². The molecule has 0 saturated heterocycles. The van der Waals surface area contributed by atoms with Gasteiger partial charge >= 0.3 is 0 Å². The van der Waals surface area contributed by atoms with Crippen LogP contribution in [0.5, 0.6) is 5.75 Å². The Morgan fingerprint density at radius 1 is 1.26 bits per heavy atom. The van der Waals surface area contributed by atoms with E-state index in [1.807, 2.05) is 24.3 Å². The molecule has 0 amide bonds. The third-order valence-electron chi connectivity index (χ3n) is 3.43. The average molecular weight is 376 g/mol. The van der Waals surface area contributed by atoms with Gasteiger partial charge < -0.3 is 20.5 Å². The van der Waals surface area contributed by atoms with Crippen LogP contribution in [0.4, 0.5) is 11.4 Å². The molecule has 0 aliphatic carbocycles. The van der Waals surface area contributed by atoms with E-state index in [9.17, 15) is 5.26 Å². The fraction of sp³-hybridized carbons (Fsp3) is 0.235. The van der Waals surface area contributed by atoms with E-state index >= 15 is 0 Å². The first-order chi connectivity index (χ1) is 11.1. The molecule has 0 heterocycles. The molecule has 0 radical (unpaired) electrons. The lowest BCUT2D eigenvalue weighted by molar-refractivity contribution is 0.210. The second-order valence-electron chi connectivity index (χ2n) is 4.81. The SMILES string of the molecule is COCCNc1c(OC)cc(-c2ccccc2C#N)c(Br)c1N. The number of nitriles is 1. The van der Waals surface area contributed by atoms with Crippen molar-refractivity contribution in [1.82, 2.24) is 0 Å². The van der Waals surface area contributed by atoms with Gasteiger partial charge in [0.2, 0.25) is 0 Å². The zero-order valence-electron chi connectivity index (χ0n) is 13.0. The molecule has 5 nitrogen and oxygen atoms in total. The highest BCUT2D eigenvalue weighted by molar-refractivity contribution is 9.10. The molecule has 0 aliphatic rings. The van der Waals surface area contributed by atoms with Crippen LogP contribution in [0.1, 0.15) is 5.56 Å². The molecule has 2 rings (SSSR count). The third kappa shape index (κ3) is 3.58. The molecule has 0 aliphatic heterocycles. The minimum atomic E-state index is 0.531. The van der Waals surface area contributed by atoms with Crippen LogP contribution in [0, 0.1) is 11.3 Å². The molecule has 0 atom stereocenters. The molecule has 0 saturated carbocycles. The Hall–Kier alpha value is -2.23. The highest BCUT2D eigenvalue weighted by Crippen LogP contribution is 2.44. The summed E-state index contributed by atoms with van der Waals surface area (Å²) in [7, 11) is 3.23. The number of hydrogen-bond donors (Lipinski definition) is 2. The van der Waals surface area contributed by atoms with Gasteiger partial charge in [0, 0.05) is 24.8 Å². The topological polar surface area (TPSA) is 80.3 Å². The maximum atomic E-state index is 9.31. The summed E-state index contributed by atoms with van der Waals surface area (Å²) in [6.07, 6.45) is 0. The molecule has 0 bridgehead atoms. The van der Waals surface area contributed by atoms with Crippen molar-refractivity contribution in [3.63, 3.8) is 0 Å². The first-order valence-corrected chi connectivity index (χ1v) is 7.81. The summed E-state index contributed by atoms with van der Waals surface area (Å²) in [6.45, 7) is 1.16. The second kappa shape index (κ2) is 7.86. The Kier molecular flexibility index (Phi) is 5.85. The normalized spacial score (nSPS) is 10.2. The van der Waals surface area contributed by atoms with Crippen LogP contribution in [-0.2, 0) is 4.74 Å². The van der Waals surface area contributed by atoms with Gasteiger partial charge in [-0.25, -0.2) is 0 Å². The van der Waals surface area contributed by atoms with E-state index in [0.717, 1.165) is 15.6 Å². The standard InChI is InChI=1S/C17H18BrN3O2/c1-22-8-7-21-17-14(23-2)9-13(15(18)16(17)20)12-6-4-3-5-11(12)10-19/h3-6,9,21H,7-8,20H2,1-2H3. The van der Waals surface area contributed by atoms with Crippen LogP contribution in [0.15, 0.2) is 34.8 Å². The number of anilines is 2. The predicted octanol–water partition coefficient (Wildman–Crippen LogP) is 3.64. The van der Waals surface area contributed by atoms with Gasteiger partial charge in [0.05, 0.1) is 35.5 Å². The Morgan fingerprint density at radius 2 is 2.00 bits per heavy atom. The lowest BCUT2D eigenvalue weighted by Crippen LogP contribution is -2.11. The molecular weight excluding hydrogens is 358 g/mol. The van der Waals surface area contributed by atoms with E-state index in [2.05, 4.69) is 27.3 Å². The first kappa shape index (κ1) is 17.1. The number of nitrogens with zero attached hydrogens (tertiary/aromatic N) is 1. The van der Waals surface area contributed by atoms with E-state index in [0.29, 0.717) is 35.8 Å². The Bertz CT molecular complexity index is 741. The Morgan fingerprint density at radius 3 is 2.65 bits per heavy atom. The number of nitrogens with one attached hydrogen (secondary N) is 1. The number of ether oxygens (including phenoxy) is 2. The summed E-state index contributed by atoms with van der Waals surface area (Å²) in [4.78, 5) is 0.